The lowest BCUT2D eigenvalue weighted by molar-refractivity contribution is 1.30. The Hall–Kier alpha value is -2.15. The molecule has 0 aliphatic carbocycles. The van der Waals surface area contributed by atoms with E-state index in [9.17, 15) is 0 Å². The Balaban J connectivity index is 2.10. The molecule has 0 radical (unpaired) electrons. The molecule has 1 aliphatic heterocycles. The molecule has 0 spiro atoms. The number of allylic oxidation sites excluding steroid dienone is 1. The van der Waals surface area contributed by atoms with Gasteiger partial charge in [-0.25, -0.2) is 0 Å². The molecule has 0 saturated heterocycles. The minimum absolute atomic E-state index is 0.786. The summed E-state index contributed by atoms with van der Waals surface area (Å²) >= 11 is 0. The van der Waals surface area contributed by atoms with Gasteiger partial charge in [0.25, 0.3) is 0 Å². The summed E-state index contributed by atoms with van der Waals surface area (Å²) in [5.74, 6) is 0. The van der Waals surface area contributed by atoms with E-state index in [1.54, 1.807) is 0 Å². The van der Waals surface area contributed by atoms with Crippen molar-refractivity contribution in [3.05, 3.63) is 71.8 Å². The van der Waals surface area contributed by atoms with Crippen LogP contribution in [0.15, 0.2) is 65.7 Å². The Labute approximate surface area is 101 Å². The van der Waals surface area contributed by atoms with Crippen molar-refractivity contribution < 1.29 is 0 Å². The van der Waals surface area contributed by atoms with Crippen LogP contribution in [-0.2, 0) is 0 Å². The van der Waals surface area contributed by atoms with Gasteiger partial charge in [0.15, 0.2) is 0 Å². The molecule has 3 rings (SSSR count). The number of hydrogen-bond donors (Lipinski definition) is 0. The molecular weight excluding hydrogens is 206 g/mol. The van der Waals surface area contributed by atoms with E-state index in [-0.39, 0.29) is 0 Å². The highest BCUT2D eigenvalue weighted by atomic mass is 14.7. The number of benzene rings is 2. The van der Waals surface area contributed by atoms with Crippen LogP contribution in [0.2, 0.25) is 0 Å². The lowest BCUT2D eigenvalue weighted by Crippen LogP contribution is -1.90. The van der Waals surface area contributed by atoms with Crippen LogP contribution in [0.5, 0.6) is 0 Å². The minimum Gasteiger partial charge on any atom is -0.288 e. The van der Waals surface area contributed by atoms with Gasteiger partial charge in [0.2, 0.25) is 0 Å². The average molecular weight is 219 g/mol. The van der Waals surface area contributed by atoms with Crippen molar-refractivity contribution in [1.29, 1.82) is 0 Å². The van der Waals surface area contributed by atoms with Gasteiger partial charge in [-0.05, 0) is 16.7 Å². The molecule has 82 valence electrons. The van der Waals surface area contributed by atoms with Crippen LogP contribution in [0.3, 0.4) is 0 Å². The molecule has 0 bridgehead atoms. The van der Waals surface area contributed by atoms with E-state index in [0.29, 0.717) is 0 Å². The fourth-order valence-electron chi connectivity index (χ4n) is 2.14. The zero-order valence-corrected chi connectivity index (χ0v) is 9.51. The lowest BCUT2D eigenvalue weighted by Gasteiger charge is -2.06. The molecule has 0 amide bonds. The first-order valence-electron chi connectivity index (χ1n) is 5.79. The summed E-state index contributed by atoms with van der Waals surface area (Å²) in [5.41, 5.74) is 5.07. The minimum atomic E-state index is 0.786. The monoisotopic (exact) mass is 219 g/mol. The maximum absolute atomic E-state index is 4.40. The van der Waals surface area contributed by atoms with Crippen LogP contribution in [0.4, 0.5) is 0 Å². The van der Waals surface area contributed by atoms with E-state index in [0.717, 1.165) is 6.54 Å². The fourth-order valence-corrected chi connectivity index (χ4v) is 2.14. The van der Waals surface area contributed by atoms with Crippen LogP contribution < -0.4 is 0 Å². The summed E-state index contributed by atoms with van der Waals surface area (Å²) in [5, 5.41) is 0. The van der Waals surface area contributed by atoms with Crippen LogP contribution in [0, 0.1) is 0 Å². The second kappa shape index (κ2) is 4.38. The zero-order valence-electron chi connectivity index (χ0n) is 9.51. The maximum Gasteiger partial charge on any atom is 0.0652 e. The van der Waals surface area contributed by atoms with Gasteiger partial charge in [-0.3, -0.25) is 4.99 Å². The molecule has 0 unspecified atom stereocenters. The first-order valence-corrected chi connectivity index (χ1v) is 5.79. The molecule has 2 aromatic carbocycles. The molecule has 17 heavy (non-hydrogen) atoms. The number of hydrogen-bond acceptors (Lipinski definition) is 1. The summed E-state index contributed by atoms with van der Waals surface area (Å²) in [6, 6.07) is 20.9. The van der Waals surface area contributed by atoms with Crippen LogP contribution >= 0.6 is 0 Å². The summed E-state index contributed by atoms with van der Waals surface area (Å²) in [6.07, 6.45) is 1.98. The average Bonchev–Trinajstić information content (AvgIpc) is 2.90. The van der Waals surface area contributed by atoms with E-state index in [1.165, 1.54) is 22.3 Å². The molecule has 0 fully saturated rings. The van der Waals surface area contributed by atoms with Crippen molar-refractivity contribution in [3.8, 4) is 0 Å². The Kier molecular flexibility index (Phi) is 2.59. The predicted octanol–water partition coefficient (Wildman–Crippen LogP) is 3.68. The van der Waals surface area contributed by atoms with Crippen molar-refractivity contribution in [2.24, 2.45) is 4.99 Å². The van der Waals surface area contributed by atoms with Gasteiger partial charge in [-0.15, -0.1) is 0 Å². The van der Waals surface area contributed by atoms with Gasteiger partial charge in [0.05, 0.1) is 6.54 Å². The molecule has 2 aromatic rings. The molecule has 0 N–H and O–H groups in total. The van der Waals surface area contributed by atoms with Crippen molar-refractivity contribution in [2.75, 3.05) is 6.54 Å². The van der Waals surface area contributed by atoms with Crippen molar-refractivity contribution in [3.63, 3.8) is 0 Å². The Bertz CT molecular complexity index is 565. The van der Waals surface area contributed by atoms with E-state index in [2.05, 4.69) is 53.5 Å². The lowest BCUT2D eigenvalue weighted by atomic mass is 9.97. The van der Waals surface area contributed by atoms with Crippen molar-refractivity contribution in [2.45, 2.75) is 0 Å². The predicted molar refractivity (Wildman–Crippen MR) is 73.1 cm³/mol. The van der Waals surface area contributed by atoms with Crippen LogP contribution in [-0.4, -0.2) is 12.8 Å². The van der Waals surface area contributed by atoms with E-state index in [4.69, 9.17) is 0 Å². The fraction of sp³-hybridized carbons (Fsp3) is 0.0625. The normalized spacial score (nSPS) is 14.4. The molecular formula is C16H13N. The van der Waals surface area contributed by atoms with E-state index < -0.39 is 0 Å². The summed E-state index contributed by atoms with van der Waals surface area (Å²) in [4.78, 5) is 4.40. The molecule has 1 aliphatic rings. The third-order valence-electron chi connectivity index (χ3n) is 3.00. The van der Waals surface area contributed by atoms with Gasteiger partial charge in [-0.2, -0.15) is 0 Å². The number of aliphatic imine (C=N–C) groups is 1. The quantitative estimate of drug-likeness (QED) is 0.730. The molecule has 0 aromatic heterocycles. The third kappa shape index (κ3) is 1.92. The smallest absolute Gasteiger partial charge is 0.0652 e. The van der Waals surface area contributed by atoms with E-state index >= 15 is 0 Å². The van der Waals surface area contributed by atoms with Gasteiger partial charge < -0.3 is 0 Å². The molecule has 1 heterocycles. The van der Waals surface area contributed by atoms with Gasteiger partial charge >= 0.3 is 0 Å². The SMILES string of the molecule is C1=NCC(c2ccccc2)=C1c1ccccc1. The highest BCUT2D eigenvalue weighted by Crippen LogP contribution is 2.28. The van der Waals surface area contributed by atoms with Crippen LogP contribution in [0.1, 0.15) is 11.1 Å². The largest absolute Gasteiger partial charge is 0.288 e. The van der Waals surface area contributed by atoms with Crippen molar-refractivity contribution >= 4 is 17.4 Å². The highest BCUT2D eigenvalue weighted by Gasteiger charge is 2.13. The molecule has 1 nitrogen and oxygen atoms in total. The summed E-state index contributed by atoms with van der Waals surface area (Å²) in [7, 11) is 0. The standard InChI is InChI=1S/C16H13N/c1-3-7-13(8-4-1)15-11-17-12-16(15)14-9-5-2-6-10-14/h1-11H,12H2. The topological polar surface area (TPSA) is 12.4 Å². The van der Waals surface area contributed by atoms with Gasteiger partial charge in [-0.1, -0.05) is 60.7 Å². The Morgan fingerprint density at radius 2 is 1.29 bits per heavy atom. The van der Waals surface area contributed by atoms with E-state index in [1.807, 2.05) is 18.3 Å². The number of rotatable bonds is 2. The first kappa shape index (κ1) is 10.0. The molecule has 1 heteroatoms. The summed E-state index contributed by atoms with van der Waals surface area (Å²) in [6.45, 7) is 0.786. The van der Waals surface area contributed by atoms with Crippen molar-refractivity contribution in [1.82, 2.24) is 0 Å². The Morgan fingerprint density at radius 1 is 0.706 bits per heavy atom. The second-order valence-corrected chi connectivity index (χ2v) is 4.09. The highest BCUT2D eigenvalue weighted by molar-refractivity contribution is 6.22. The zero-order chi connectivity index (χ0) is 11.5. The van der Waals surface area contributed by atoms with Gasteiger partial charge in [0.1, 0.15) is 0 Å². The number of nitrogens with zero attached hydrogens (tertiary/aromatic N) is 1. The third-order valence-corrected chi connectivity index (χ3v) is 3.00. The summed E-state index contributed by atoms with van der Waals surface area (Å²) < 4.78 is 0. The molecule has 0 atom stereocenters. The maximum atomic E-state index is 4.40. The first-order chi connectivity index (χ1) is 8.45. The Morgan fingerprint density at radius 3 is 1.94 bits per heavy atom. The van der Waals surface area contributed by atoms with Gasteiger partial charge in [0, 0.05) is 11.8 Å². The second-order valence-electron chi connectivity index (χ2n) is 4.09. The van der Waals surface area contributed by atoms with Crippen LogP contribution in [0.25, 0.3) is 11.1 Å². The molecule has 0 saturated carbocycles.